The van der Waals surface area contributed by atoms with E-state index < -0.39 is 0 Å². The third-order valence-corrected chi connectivity index (χ3v) is 2.32. The molecule has 0 radical (unpaired) electrons. The lowest BCUT2D eigenvalue weighted by Crippen LogP contribution is -2.09. The minimum absolute atomic E-state index is 0.535. The molecule has 0 aliphatic rings. The van der Waals surface area contributed by atoms with Crippen molar-refractivity contribution in [1.82, 2.24) is 0 Å². The van der Waals surface area contributed by atoms with Gasteiger partial charge < -0.3 is 5.73 Å². The van der Waals surface area contributed by atoms with Crippen LogP contribution in [0.2, 0.25) is 0 Å². The fraction of sp³-hybridized carbons (Fsp3) is 0.462. The Labute approximate surface area is 92.2 Å². The van der Waals surface area contributed by atoms with Gasteiger partial charge in [-0.25, -0.2) is 4.99 Å². The number of nitrogens with zero attached hydrogens (tertiary/aromatic N) is 1. The van der Waals surface area contributed by atoms with E-state index in [2.05, 4.69) is 37.9 Å². The highest BCUT2D eigenvalue weighted by Gasteiger charge is 1.99. The maximum atomic E-state index is 5.79. The number of aliphatic imine (C=N–C) groups is 1. The van der Waals surface area contributed by atoms with E-state index in [9.17, 15) is 0 Å². The summed E-state index contributed by atoms with van der Waals surface area (Å²) in [5.41, 5.74) is 8.06. The van der Waals surface area contributed by atoms with Crippen LogP contribution < -0.4 is 5.73 Å². The topological polar surface area (TPSA) is 38.4 Å². The molecule has 0 saturated heterocycles. The molecule has 0 unspecified atom stereocenters. The zero-order chi connectivity index (χ0) is 11.3. The van der Waals surface area contributed by atoms with Crippen molar-refractivity contribution in [3.8, 4) is 0 Å². The second-order valence-corrected chi connectivity index (χ2v) is 4.10. The molecular formula is C13H20N2. The molecule has 0 aliphatic heterocycles. The van der Waals surface area contributed by atoms with Crippen LogP contribution in [0.5, 0.6) is 0 Å². The highest BCUT2D eigenvalue weighted by Crippen LogP contribution is 2.20. The number of hydrogen-bond acceptors (Lipinski definition) is 1. The molecule has 0 spiro atoms. The first kappa shape index (κ1) is 11.8. The fourth-order valence-corrected chi connectivity index (χ4v) is 1.43. The van der Waals surface area contributed by atoms with E-state index in [1.807, 2.05) is 12.1 Å². The molecule has 0 aliphatic carbocycles. The van der Waals surface area contributed by atoms with Crippen molar-refractivity contribution in [3.63, 3.8) is 0 Å². The van der Waals surface area contributed by atoms with Crippen LogP contribution in [0.15, 0.2) is 29.3 Å². The Morgan fingerprint density at radius 1 is 1.40 bits per heavy atom. The number of nitrogens with two attached hydrogens (primary N) is 1. The van der Waals surface area contributed by atoms with Crippen molar-refractivity contribution in [3.05, 3.63) is 29.8 Å². The Morgan fingerprint density at radius 3 is 2.73 bits per heavy atom. The van der Waals surface area contributed by atoms with E-state index in [4.69, 9.17) is 5.73 Å². The van der Waals surface area contributed by atoms with E-state index >= 15 is 0 Å². The molecule has 2 nitrogen and oxygen atoms in total. The largest absolute Gasteiger partial charge is 0.387 e. The molecule has 2 heteroatoms. The third-order valence-electron chi connectivity index (χ3n) is 2.32. The van der Waals surface area contributed by atoms with Gasteiger partial charge in [-0.05, 0) is 30.0 Å². The Balaban J connectivity index is 2.86. The Morgan fingerprint density at radius 2 is 2.13 bits per heavy atom. The number of rotatable bonds is 4. The van der Waals surface area contributed by atoms with Crippen LogP contribution in [0.1, 0.15) is 45.1 Å². The monoisotopic (exact) mass is 204 g/mol. The van der Waals surface area contributed by atoms with Gasteiger partial charge in [-0.3, -0.25) is 0 Å². The summed E-state index contributed by atoms with van der Waals surface area (Å²) in [6.45, 7) is 6.46. The van der Waals surface area contributed by atoms with Crippen LogP contribution in [0.25, 0.3) is 0 Å². The summed E-state index contributed by atoms with van der Waals surface area (Å²) in [4.78, 5) is 4.39. The Bertz CT molecular complexity index is 340. The highest BCUT2D eigenvalue weighted by atomic mass is 14.8. The first-order chi connectivity index (χ1) is 7.13. The number of hydrogen-bond donors (Lipinski definition) is 1. The predicted molar refractivity (Wildman–Crippen MR) is 66.7 cm³/mol. The summed E-state index contributed by atoms with van der Waals surface area (Å²) in [6.07, 6.45) is 1.91. The standard InChI is InChI=1S/C13H20N2/c1-4-6-13(14)15-12-8-5-7-11(9-12)10(2)3/h5,7-10H,4,6H2,1-3H3,(H2,14,15). The minimum atomic E-state index is 0.535. The van der Waals surface area contributed by atoms with Crippen molar-refractivity contribution >= 4 is 11.5 Å². The van der Waals surface area contributed by atoms with Crippen molar-refractivity contribution in [2.24, 2.45) is 10.7 Å². The third kappa shape index (κ3) is 3.74. The second kappa shape index (κ2) is 5.54. The summed E-state index contributed by atoms with van der Waals surface area (Å²) in [5, 5.41) is 0. The van der Waals surface area contributed by atoms with Gasteiger partial charge in [0.25, 0.3) is 0 Å². The Hall–Kier alpha value is -1.31. The van der Waals surface area contributed by atoms with Gasteiger partial charge in [0.05, 0.1) is 11.5 Å². The van der Waals surface area contributed by atoms with Crippen LogP contribution >= 0.6 is 0 Å². The summed E-state index contributed by atoms with van der Waals surface area (Å²) in [6, 6.07) is 8.26. The lowest BCUT2D eigenvalue weighted by Gasteiger charge is -2.06. The number of amidine groups is 1. The molecular weight excluding hydrogens is 184 g/mol. The lowest BCUT2D eigenvalue weighted by molar-refractivity contribution is 0.866. The molecule has 0 bridgehead atoms. The summed E-state index contributed by atoms with van der Waals surface area (Å²) >= 11 is 0. The van der Waals surface area contributed by atoms with Crippen molar-refractivity contribution in [2.75, 3.05) is 0 Å². The molecule has 0 heterocycles. The van der Waals surface area contributed by atoms with Crippen LogP contribution in [0.3, 0.4) is 0 Å². The van der Waals surface area contributed by atoms with Crippen molar-refractivity contribution < 1.29 is 0 Å². The average Bonchev–Trinajstić information content (AvgIpc) is 2.18. The van der Waals surface area contributed by atoms with E-state index in [0.717, 1.165) is 24.4 Å². The maximum absolute atomic E-state index is 5.79. The molecule has 82 valence electrons. The minimum Gasteiger partial charge on any atom is -0.387 e. The van der Waals surface area contributed by atoms with Gasteiger partial charge in [-0.2, -0.15) is 0 Å². The van der Waals surface area contributed by atoms with Crippen LogP contribution in [-0.2, 0) is 0 Å². The molecule has 0 aromatic heterocycles. The van der Waals surface area contributed by atoms with Crippen molar-refractivity contribution in [2.45, 2.75) is 39.5 Å². The Kier molecular flexibility index (Phi) is 4.35. The quantitative estimate of drug-likeness (QED) is 0.590. The fourth-order valence-electron chi connectivity index (χ4n) is 1.43. The predicted octanol–water partition coefficient (Wildman–Crippen LogP) is 3.60. The molecule has 15 heavy (non-hydrogen) atoms. The van der Waals surface area contributed by atoms with Gasteiger partial charge >= 0.3 is 0 Å². The normalized spacial score (nSPS) is 12.1. The molecule has 1 aromatic carbocycles. The van der Waals surface area contributed by atoms with Crippen LogP contribution in [-0.4, -0.2) is 5.84 Å². The SMILES string of the molecule is CCCC(N)=Nc1cccc(C(C)C)c1. The van der Waals surface area contributed by atoms with E-state index in [0.29, 0.717) is 5.92 Å². The van der Waals surface area contributed by atoms with Gasteiger partial charge in [0, 0.05) is 6.42 Å². The first-order valence-corrected chi connectivity index (χ1v) is 5.56. The van der Waals surface area contributed by atoms with E-state index in [1.54, 1.807) is 0 Å². The molecule has 0 fully saturated rings. The van der Waals surface area contributed by atoms with Gasteiger partial charge in [-0.1, -0.05) is 32.9 Å². The molecule has 1 rings (SSSR count). The van der Waals surface area contributed by atoms with Crippen molar-refractivity contribution in [1.29, 1.82) is 0 Å². The molecule has 2 N–H and O–H groups in total. The lowest BCUT2D eigenvalue weighted by atomic mass is 10.0. The molecule has 1 aromatic rings. The van der Waals surface area contributed by atoms with Crippen LogP contribution in [0.4, 0.5) is 5.69 Å². The molecule has 0 atom stereocenters. The zero-order valence-electron chi connectivity index (χ0n) is 9.83. The van der Waals surface area contributed by atoms with Gasteiger partial charge in [0.1, 0.15) is 0 Å². The highest BCUT2D eigenvalue weighted by molar-refractivity contribution is 5.83. The van der Waals surface area contributed by atoms with E-state index in [1.165, 1.54) is 5.56 Å². The first-order valence-electron chi connectivity index (χ1n) is 5.56. The summed E-state index contributed by atoms with van der Waals surface area (Å²) in [7, 11) is 0. The molecule has 0 amide bonds. The number of benzene rings is 1. The summed E-state index contributed by atoms with van der Waals surface area (Å²) in [5.74, 6) is 1.26. The zero-order valence-corrected chi connectivity index (χ0v) is 9.83. The smallest absolute Gasteiger partial charge is 0.0996 e. The van der Waals surface area contributed by atoms with E-state index in [-0.39, 0.29) is 0 Å². The second-order valence-electron chi connectivity index (χ2n) is 4.10. The van der Waals surface area contributed by atoms with Gasteiger partial charge in [0.15, 0.2) is 0 Å². The summed E-state index contributed by atoms with van der Waals surface area (Å²) < 4.78 is 0. The van der Waals surface area contributed by atoms with Crippen LogP contribution in [0, 0.1) is 0 Å². The van der Waals surface area contributed by atoms with Gasteiger partial charge in [0.2, 0.25) is 0 Å². The molecule has 0 saturated carbocycles. The van der Waals surface area contributed by atoms with Gasteiger partial charge in [-0.15, -0.1) is 0 Å². The average molecular weight is 204 g/mol. The maximum Gasteiger partial charge on any atom is 0.0996 e.